The monoisotopic (exact) mass is 254 g/mol. The Morgan fingerprint density at radius 1 is 1.35 bits per heavy atom. The largest absolute Gasteiger partial charge is 0.397 e. The molecule has 0 atom stereocenters. The fourth-order valence-electron chi connectivity index (χ4n) is 1.94. The van der Waals surface area contributed by atoms with Crippen LogP contribution in [0.15, 0.2) is 24.3 Å². The first-order valence-corrected chi connectivity index (χ1v) is 5.90. The van der Waals surface area contributed by atoms with Gasteiger partial charge in [0.25, 0.3) is 0 Å². The number of hydrogen-bond acceptors (Lipinski definition) is 2. The van der Waals surface area contributed by atoms with Crippen molar-refractivity contribution < 1.29 is 4.79 Å². The normalized spacial score (nSPS) is 14.6. The molecule has 1 aliphatic rings. The number of hydrogen-bond donors (Lipinski definition) is 2. The van der Waals surface area contributed by atoms with Crippen LogP contribution in [-0.4, -0.2) is 5.91 Å². The second-order valence-electron chi connectivity index (χ2n) is 4.47. The summed E-state index contributed by atoms with van der Waals surface area (Å²) < 4.78 is 0. The zero-order chi connectivity index (χ0) is 11.4. The first-order chi connectivity index (χ1) is 7.75. The van der Waals surface area contributed by atoms with Crippen molar-refractivity contribution in [1.82, 2.24) is 0 Å². The van der Waals surface area contributed by atoms with Crippen molar-refractivity contribution in [2.45, 2.75) is 32.1 Å². The van der Waals surface area contributed by atoms with Crippen molar-refractivity contribution in [3.8, 4) is 0 Å². The van der Waals surface area contributed by atoms with Crippen LogP contribution in [0.1, 0.15) is 32.1 Å². The third-order valence-corrected chi connectivity index (χ3v) is 3.24. The van der Waals surface area contributed by atoms with E-state index in [9.17, 15) is 4.79 Å². The predicted molar refractivity (Wildman–Crippen MR) is 73.3 cm³/mol. The van der Waals surface area contributed by atoms with Crippen molar-refractivity contribution in [1.29, 1.82) is 0 Å². The topological polar surface area (TPSA) is 55.1 Å². The molecule has 1 aliphatic carbocycles. The van der Waals surface area contributed by atoms with Gasteiger partial charge in [-0.2, -0.15) is 0 Å². The Labute approximate surface area is 108 Å². The zero-order valence-corrected chi connectivity index (χ0v) is 10.6. The minimum Gasteiger partial charge on any atom is -0.397 e. The van der Waals surface area contributed by atoms with Crippen molar-refractivity contribution in [3.63, 3.8) is 0 Å². The van der Waals surface area contributed by atoms with Crippen LogP contribution in [-0.2, 0) is 4.79 Å². The van der Waals surface area contributed by atoms with E-state index in [2.05, 4.69) is 5.32 Å². The van der Waals surface area contributed by atoms with E-state index in [-0.39, 0.29) is 18.3 Å². The van der Waals surface area contributed by atoms with Crippen molar-refractivity contribution >= 4 is 29.7 Å². The Kier molecular flexibility index (Phi) is 5.29. The van der Waals surface area contributed by atoms with Gasteiger partial charge in [0.1, 0.15) is 0 Å². The Balaban J connectivity index is 0.00000144. The van der Waals surface area contributed by atoms with Gasteiger partial charge in [0.05, 0.1) is 11.4 Å². The number of carbonyl (C=O) groups is 1. The molecule has 4 heteroatoms. The predicted octanol–water partition coefficient (Wildman–Crippen LogP) is 3.21. The summed E-state index contributed by atoms with van der Waals surface area (Å²) in [4.78, 5) is 11.6. The van der Waals surface area contributed by atoms with Crippen LogP contribution in [0.25, 0.3) is 0 Å². The molecular formula is C13H19ClN2O. The van der Waals surface area contributed by atoms with Gasteiger partial charge in [-0.15, -0.1) is 12.4 Å². The molecule has 1 saturated carbocycles. The number of rotatable bonds is 4. The molecule has 3 nitrogen and oxygen atoms in total. The van der Waals surface area contributed by atoms with Crippen LogP contribution in [0, 0.1) is 5.92 Å². The van der Waals surface area contributed by atoms with E-state index in [0.29, 0.717) is 12.1 Å². The van der Waals surface area contributed by atoms with E-state index in [1.165, 1.54) is 19.3 Å². The Bertz CT molecular complexity index is 377. The summed E-state index contributed by atoms with van der Waals surface area (Å²) in [5.74, 6) is 0.851. The molecule has 0 unspecified atom stereocenters. The smallest absolute Gasteiger partial charge is 0.224 e. The molecule has 0 aromatic heterocycles. The van der Waals surface area contributed by atoms with Gasteiger partial charge in [-0.25, -0.2) is 0 Å². The van der Waals surface area contributed by atoms with Gasteiger partial charge in [-0.05, 0) is 24.5 Å². The first kappa shape index (κ1) is 13.8. The average molecular weight is 255 g/mol. The molecule has 0 radical (unpaired) electrons. The van der Waals surface area contributed by atoms with Gasteiger partial charge in [0.15, 0.2) is 0 Å². The Hall–Kier alpha value is -1.22. The maximum Gasteiger partial charge on any atom is 0.224 e. The minimum atomic E-state index is 0. The lowest BCUT2D eigenvalue weighted by atomic mass is 9.82. The number of carbonyl (C=O) groups excluding carboxylic acids is 1. The van der Waals surface area contributed by atoms with E-state index in [0.717, 1.165) is 18.0 Å². The van der Waals surface area contributed by atoms with Crippen molar-refractivity contribution in [2.24, 2.45) is 5.92 Å². The fourth-order valence-corrected chi connectivity index (χ4v) is 1.94. The molecule has 3 N–H and O–H groups in total. The number of benzene rings is 1. The summed E-state index contributed by atoms with van der Waals surface area (Å²) in [5.41, 5.74) is 7.10. The number of nitrogen functional groups attached to an aromatic ring is 1. The lowest BCUT2D eigenvalue weighted by molar-refractivity contribution is -0.116. The van der Waals surface area contributed by atoms with Crippen LogP contribution >= 0.6 is 12.4 Å². The number of nitrogens with two attached hydrogens (primary N) is 1. The van der Waals surface area contributed by atoms with Crippen LogP contribution in [0.4, 0.5) is 11.4 Å². The third-order valence-electron chi connectivity index (χ3n) is 3.24. The molecule has 0 heterocycles. The molecule has 0 saturated heterocycles. The van der Waals surface area contributed by atoms with E-state index in [1.807, 2.05) is 18.2 Å². The lowest BCUT2D eigenvalue weighted by Gasteiger charge is -2.24. The molecule has 17 heavy (non-hydrogen) atoms. The Morgan fingerprint density at radius 3 is 2.65 bits per heavy atom. The van der Waals surface area contributed by atoms with E-state index >= 15 is 0 Å². The van der Waals surface area contributed by atoms with Gasteiger partial charge in [0.2, 0.25) is 5.91 Å². The molecule has 2 rings (SSSR count). The molecule has 1 aromatic rings. The highest BCUT2D eigenvalue weighted by Crippen LogP contribution is 2.30. The first-order valence-electron chi connectivity index (χ1n) is 5.90. The maximum absolute atomic E-state index is 11.6. The number of amides is 1. The molecule has 0 aliphatic heterocycles. The number of halogens is 1. The zero-order valence-electron chi connectivity index (χ0n) is 9.82. The second kappa shape index (κ2) is 6.50. The van der Waals surface area contributed by atoms with Crippen molar-refractivity contribution in [2.75, 3.05) is 11.1 Å². The van der Waals surface area contributed by atoms with Crippen LogP contribution in [0.3, 0.4) is 0 Å². The van der Waals surface area contributed by atoms with E-state index < -0.39 is 0 Å². The summed E-state index contributed by atoms with van der Waals surface area (Å²) in [7, 11) is 0. The number of anilines is 2. The maximum atomic E-state index is 11.6. The summed E-state index contributed by atoms with van der Waals surface area (Å²) in [6, 6.07) is 7.36. The number of para-hydroxylation sites is 2. The quantitative estimate of drug-likeness (QED) is 0.811. The minimum absolute atomic E-state index is 0. The van der Waals surface area contributed by atoms with Crippen LogP contribution in [0.5, 0.6) is 0 Å². The molecule has 94 valence electrons. The number of nitrogens with one attached hydrogen (secondary N) is 1. The van der Waals surface area contributed by atoms with E-state index in [1.54, 1.807) is 6.07 Å². The molecule has 0 bridgehead atoms. The SMILES string of the molecule is Cl.Nc1ccccc1NC(=O)CCC1CCC1. The average Bonchev–Trinajstić information content (AvgIpc) is 2.19. The molecule has 1 amide bonds. The molecule has 1 aromatic carbocycles. The van der Waals surface area contributed by atoms with Gasteiger partial charge in [-0.3, -0.25) is 4.79 Å². The molecule has 0 spiro atoms. The fraction of sp³-hybridized carbons (Fsp3) is 0.462. The van der Waals surface area contributed by atoms with Gasteiger partial charge < -0.3 is 11.1 Å². The second-order valence-corrected chi connectivity index (χ2v) is 4.47. The molecular weight excluding hydrogens is 236 g/mol. The Morgan fingerprint density at radius 2 is 2.06 bits per heavy atom. The van der Waals surface area contributed by atoms with Crippen LogP contribution in [0.2, 0.25) is 0 Å². The highest BCUT2D eigenvalue weighted by Gasteiger charge is 2.18. The van der Waals surface area contributed by atoms with Gasteiger partial charge in [-0.1, -0.05) is 31.4 Å². The highest BCUT2D eigenvalue weighted by atomic mass is 35.5. The summed E-state index contributed by atoms with van der Waals surface area (Å²) >= 11 is 0. The molecule has 1 fully saturated rings. The summed E-state index contributed by atoms with van der Waals surface area (Å²) in [6.07, 6.45) is 5.54. The third kappa shape index (κ3) is 3.93. The summed E-state index contributed by atoms with van der Waals surface area (Å²) in [6.45, 7) is 0. The van der Waals surface area contributed by atoms with Crippen LogP contribution < -0.4 is 11.1 Å². The standard InChI is InChI=1S/C13H18N2O.ClH/c14-11-6-1-2-7-12(11)15-13(16)9-8-10-4-3-5-10;/h1-2,6-7,10H,3-5,8-9,14H2,(H,15,16);1H. The highest BCUT2D eigenvalue weighted by molar-refractivity contribution is 5.93. The van der Waals surface area contributed by atoms with Gasteiger partial charge >= 0.3 is 0 Å². The van der Waals surface area contributed by atoms with Crippen molar-refractivity contribution in [3.05, 3.63) is 24.3 Å². The lowest BCUT2D eigenvalue weighted by Crippen LogP contribution is -2.17. The van der Waals surface area contributed by atoms with Gasteiger partial charge in [0, 0.05) is 6.42 Å². The van der Waals surface area contributed by atoms with E-state index in [4.69, 9.17) is 5.73 Å². The summed E-state index contributed by atoms with van der Waals surface area (Å²) in [5, 5.41) is 2.85.